The van der Waals surface area contributed by atoms with Crippen LogP contribution in [-0.4, -0.2) is 56.6 Å². The van der Waals surface area contributed by atoms with Gasteiger partial charge in [-0.05, 0) is 32.4 Å². The zero-order chi connectivity index (χ0) is 16.6. The van der Waals surface area contributed by atoms with Crippen LogP contribution in [0.15, 0.2) is 17.2 Å². The van der Waals surface area contributed by atoms with Crippen molar-refractivity contribution >= 4 is 15.9 Å². The van der Waals surface area contributed by atoms with Crippen LogP contribution in [-0.2, 0) is 21.8 Å². The van der Waals surface area contributed by atoms with Crippen molar-refractivity contribution in [3.8, 4) is 0 Å². The maximum atomic E-state index is 12.9. The molecule has 1 N–H and O–H groups in total. The third-order valence-electron chi connectivity index (χ3n) is 4.51. The summed E-state index contributed by atoms with van der Waals surface area (Å²) in [5.41, 5.74) is 0.407. The zero-order valence-corrected chi connectivity index (χ0v) is 14.3. The molecular weight excluding hydrogens is 318 g/mol. The molecule has 0 radical (unpaired) electrons. The molecule has 2 heterocycles. The Morgan fingerprint density at radius 1 is 1.43 bits per heavy atom. The van der Waals surface area contributed by atoms with Gasteiger partial charge in [0.15, 0.2) is 0 Å². The standard InChI is InChI=1S/C15H23N3O4S/c1-16-23(20,21)13-7-14(17(2)9-13)15(19)18(12-3-4-12)8-11-5-6-22-10-11/h7,9,11-12,16H,3-6,8,10H2,1-2H3/t11-/m0/s1. The van der Waals surface area contributed by atoms with Crippen molar-refractivity contribution in [3.05, 3.63) is 18.0 Å². The lowest BCUT2D eigenvalue weighted by Crippen LogP contribution is -2.38. The van der Waals surface area contributed by atoms with E-state index in [9.17, 15) is 13.2 Å². The van der Waals surface area contributed by atoms with Crippen LogP contribution in [0.2, 0.25) is 0 Å². The van der Waals surface area contributed by atoms with E-state index in [0.29, 0.717) is 24.8 Å². The Kier molecular flexibility index (Phi) is 4.48. The third kappa shape index (κ3) is 3.44. The average molecular weight is 341 g/mol. The molecule has 1 saturated carbocycles. The second-order valence-corrected chi connectivity index (χ2v) is 8.18. The minimum absolute atomic E-state index is 0.0977. The predicted molar refractivity (Wildman–Crippen MR) is 84.6 cm³/mol. The summed E-state index contributed by atoms with van der Waals surface area (Å²) >= 11 is 0. The van der Waals surface area contributed by atoms with E-state index < -0.39 is 10.0 Å². The normalized spacial score (nSPS) is 21.6. The number of carbonyl (C=O) groups is 1. The molecule has 1 aliphatic heterocycles. The highest BCUT2D eigenvalue weighted by Crippen LogP contribution is 2.30. The summed E-state index contributed by atoms with van der Waals surface area (Å²) in [7, 11) is -0.486. The van der Waals surface area contributed by atoms with E-state index >= 15 is 0 Å². The second kappa shape index (κ2) is 6.26. The number of hydrogen-bond acceptors (Lipinski definition) is 4. The van der Waals surface area contributed by atoms with Gasteiger partial charge < -0.3 is 14.2 Å². The van der Waals surface area contributed by atoms with Crippen molar-refractivity contribution in [1.29, 1.82) is 0 Å². The third-order valence-corrected chi connectivity index (χ3v) is 5.89. The molecule has 1 aromatic rings. The summed E-state index contributed by atoms with van der Waals surface area (Å²) in [5, 5.41) is 0. The van der Waals surface area contributed by atoms with Crippen LogP contribution < -0.4 is 4.72 Å². The first-order valence-electron chi connectivity index (χ1n) is 7.91. The summed E-state index contributed by atoms with van der Waals surface area (Å²) in [4.78, 5) is 14.9. The number of aromatic nitrogens is 1. The molecule has 1 saturated heterocycles. The summed E-state index contributed by atoms with van der Waals surface area (Å²) in [6.07, 6.45) is 4.49. The number of nitrogens with one attached hydrogen (secondary N) is 1. The molecule has 0 spiro atoms. The molecule has 2 aliphatic rings. The fraction of sp³-hybridized carbons (Fsp3) is 0.667. The summed E-state index contributed by atoms with van der Waals surface area (Å²) in [6.45, 7) is 2.14. The Balaban J connectivity index is 1.82. The minimum atomic E-state index is -3.55. The molecule has 1 amide bonds. The van der Waals surface area contributed by atoms with Gasteiger partial charge in [-0.25, -0.2) is 13.1 Å². The van der Waals surface area contributed by atoms with Crippen LogP contribution in [0.4, 0.5) is 0 Å². The molecule has 0 bridgehead atoms. The van der Waals surface area contributed by atoms with Gasteiger partial charge in [0.25, 0.3) is 5.91 Å². The van der Waals surface area contributed by atoms with E-state index in [0.717, 1.165) is 25.9 Å². The average Bonchev–Trinajstić information content (AvgIpc) is 3.07. The number of carbonyl (C=O) groups excluding carboxylic acids is 1. The first kappa shape index (κ1) is 16.5. The van der Waals surface area contributed by atoms with Crippen LogP contribution in [0.1, 0.15) is 29.8 Å². The number of sulfonamides is 1. The lowest BCUT2D eigenvalue weighted by atomic mass is 10.1. The molecule has 3 rings (SSSR count). The highest BCUT2D eigenvalue weighted by molar-refractivity contribution is 7.89. The lowest BCUT2D eigenvalue weighted by Gasteiger charge is -2.25. The van der Waals surface area contributed by atoms with Gasteiger partial charge >= 0.3 is 0 Å². The van der Waals surface area contributed by atoms with Gasteiger partial charge in [-0.15, -0.1) is 0 Å². The van der Waals surface area contributed by atoms with Gasteiger partial charge in [-0.1, -0.05) is 0 Å². The molecule has 2 fully saturated rings. The monoisotopic (exact) mass is 341 g/mol. The molecule has 1 aromatic heterocycles. The van der Waals surface area contributed by atoms with Gasteiger partial charge in [0.2, 0.25) is 10.0 Å². The second-order valence-electron chi connectivity index (χ2n) is 6.30. The van der Waals surface area contributed by atoms with Gasteiger partial charge in [0.1, 0.15) is 10.6 Å². The smallest absolute Gasteiger partial charge is 0.270 e. The number of nitrogens with zero attached hydrogens (tertiary/aromatic N) is 2. The van der Waals surface area contributed by atoms with E-state index in [2.05, 4.69) is 4.72 Å². The van der Waals surface area contributed by atoms with Crippen LogP contribution in [0, 0.1) is 5.92 Å². The van der Waals surface area contributed by atoms with Gasteiger partial charge in [0.05, 0.1) is 6.61 Å². The minimum Gasteiger partial charge on any atom is -0.381 e. The quantitative estimate of drug-likeness (QED) is 0.820. The Labute approximate surface area is 136 Å². The Hall–Kier alpha value is -1.38. The van der Waals surface area contributed by atoms with E-state index in [1.807, 2.05) is 4.90 Å². The first-order valence-corrected chi connectivity index (χ1v) is 9.39. The number of aryl methyl sites for hydroxylation is 1. The molecule has 0 unspecified atom stereocenters. The molecular formula is C15H23N3O4S. The van der Waals surface area contributed by atoms with E-state index in [-0.39, 0.29) is 16.8 Å². The molecule has 8 heteroatoms. The topological polar surface area (TPSA) is 80.6 Å². The van der Waals surface area contributed by atoms with Crippen molar-refractivity contribution in [2.75, 3.05) is 26.8 Å². The van der Waals surface area contributed by atoms with E-state index in [4.69, 9.17) is 4.74 Å². The number of hydrogen-bond donors (Lipinski definition) is 1. The maximum Gasteiger partial charge on any atom is 0.270 e. The van der Waals surface area contributed by atoms with E-state index in [1.54, 1.807) is 11.6 Å². The van der Waals surface area contributed by atoms with Crippen LogP contribution in [0.5, 0.6) is 0 Å². The van der Waals surface area contributed by atoms with Gasteiger partial charge in [-0.2, -0.15) is 0 Å². The van der Waals surface area contributed by atoms with Crippen molar-refractivity contribution in [2.45, 2.75) is 30.2 Å². The highest BCUT2D eigenvalue weighted by atomic mass is 32.2. The van der Waals surface area contributed by atoms with Crippen molar-refractivity contribution in [2.24, 2.45) is 13.0 Å². The van der Waals surface area contributed by atoms with E-state index in [1.165, 1.54) is 19.3 Å². The van der Waals surface area contributed by atoms with Crippen molar-refractivity contribution < 1.29 is 17.9 Å². The molecule has 23 heavy (non-hydrogen) atoms. The zero-order valence-electron chi connectivity index (χ0n) is 13.5. The Bertz CT molecular complexity index is 688. The van der Waals surface area contributed by atoms with Crippen LogP contribution in [0.25, 0.3) is 0 Å². The summed E-state index contributed by atoms with van der Waals surface area (Å²) < 4.78 is 33.1. The molecule has 7 nitrogen and oxygen atoms in total. The largest absolute Gasteiger partial charge is 0.381 e. The first-order chi connectivity index (χ1) is 10.9. The summed E-state index contributed by atoms with van der Waals surface area (Å²) in [5.74, 6) is 0.278. The fourth-order valence-corrected chi connectivity index (χ4v) is 3.75. The lowest BCUT2D eigenvalue weighted by molar-refractivity contribution is 0.0696. The summed E-state index contributed by atoms with van der Waals surface area (Å²) in [6, 6.07) is 1.73. The molecule has 1 aliphatic carbocycles. The molecule has 1 atom stereocenters. The van der Waals surface area contributed by atoms with Gasteiger partial charge in [0, 0.05) is 38.4 Å². The maximum absolute atomic E-state index is 12.9. The van der Waals surface area contributed by atoms with Crippen LogP contribution in [0.3, 0.4) is 0 Å². The fourth-order valence-electron chi connectivity index (χ4n) is 2.95. The van der Waals surface area contributed by atoms with Gasteiger partial charge in [-0.3, -0.25) is 4.79 Å². The number of rotatable bonds is 6. The van der Waals surface area contributed by atoms with Crippen LogP contribution >= 0.6 is 0 Å². The van der Waals surface area contributed by atoms with Crippen molar-refractivity contribution in [3.63, 3.8) is 0 Å². The highest BCUT2D eigenvalue weighted by Gasteiger charge is 2.36. The molecule has 0 aromatic carbocycles. The van der Waals surface area contributed by atoms with Crippen molar-refractivity contribution in [1.82, 2.24) is 14.2 Å². The SMILES string of the molecule is CNS(=O)(=O)c1cc(C(=O)N(C[C@@H]2CCOC2)C2CC2)n(C)c1. The molecule has 128 valence electrons. The number of amides is 1. The Morgan fingerprint density at radius 2 is 2.17 bits per heavy atom. The Morgan fingerprint density at radius 3 is 2.74 bits per heavy atom. The predicted octanol–water partition coefficient (Wildman–Crippen LogP) is 0.574. The number of ether oxygens (including phenoxy) is 1.